The van der Waals surface area contributed by atoms with Crippen molar-refractivity contribution in [3.05, 3.63) is 54.1 Å². The van der Waals surface area contributed by atoms with E-state index in [-0.39, 0.29) is 17.5 Å². The number of sulfonamides is 1. The van der Waals surface area contributed by atoms with Gasteiger partial charge in [0.15, 0.2) is 0 Å². The van der Waals surface area contributed by atoms with Gasteiger partial charge in [-0.2, -0.15) is 12.7 Å². The van der Waals surface area contributed by atoms with E-state index < -0.39 is 20.2 Å². The molecule has 0 aromatic heterocycles. The second kappa shape index (κ2) is 10.7. The smallest absolute Gasteiger partial charge is 0.301 e. The normalized spacial score (nSPS) is 17.8. The van der Waals surface area contributed by atoms with Gasteiger partial charge >= 0.3 is 10.2 Å². The first kappa shape index (κ1) is 24.5. The second-order valence-electron chi connectivity index (χ2n) is 7.82. The quantitative estimate of drug-likeness (QED) is 0.542. The molecule has 32 heavy (non-hydrogen) atoms. The zero-order valence-corrected chi connectivity index (χ0v) is 20.1. The summed E-state index contributed by atoms with van der Waals surface area (Å²) in [6.07, 6.45) is 2.78. The Bertz CT molecular complexity index is 1090. The van der Waals surface area contributed by atoms with E-state index in [9.17, 15) is 16.8 Å². The Morgan fingerprint density at radius 2 is 1.69 bits per heavy atom. The number of benzene rings is 2. The number of anilines is 1. The van der Waals surface area contributed by atoms with Gasteiger partial charge in [-0.1, -0.05) is 24.1 Å². The molecule has 0 saturated carbocycles. The Morgan fingerprint density at radius 1 is 1.00 bits per heavy atom. The first-order chi connectivity index (χ1) is 15.2. The average molecular weight is 482 g/mol. The van der Waals surface area contributed by atoms with Crippen molar-refractivity contribution in [1.29, 1.82) is 0 Å². The van der Waals surface area contributed by atoms with Crippen LogP contribution in [0.4, 0.5) is 5.69 Å². The van der Waals surface area contributed by atoms with Crippen LogP contribution in [-0.4, -0.2) is 46.9 Å². The summed E-state index contributed by atoms with van der Waals surface area (Å²) >= 11 is 0. The van der Waals surface area contributed by atoms with Crippen LogP contribution < -0.4 is 14.2 Å². The van der Waals surface area contributed by atoms with Crippen LogP contribution >= 0.6 is 0 Å². The van der Waals surface area contributed by atoms with E-state index in [4.69, 9.17) is 4.74 Å². The van der Waals surface area contributed by atoms with E-state index in [2.05, 4.69) is 9.44 Å². The van der Waals surface area contributed by atoms with E-state index in [1.54, 1.807) is 24.3 Å². The molecule has 8 nitrogen and oxygen atoms in total. The standard InChI is InChI=1S/C22H31N3O5S2/c1-3-30-21-11-13-22(14-12-21)31(26,27)23-16-15-20-6-4-5-17-25(20)32(28,29)24-19-9-7-18(2)8-10-19/h7-14,20,23-24H,3-6,15-17H2,1-2H3/t20-/m0/s1. The minimum atomic E-state index is -3.73. The van der Waals surface area contributed by atoms with Crippen LogP contribution in [0, 0.1) is 6.92 Å². The number of rotatable bonds is 10. The predicted molar refractivity (Wildman–Crippen MR) is 125 cm³/mol. The van der Waals surface area contributed by atoms with Crippen LogP contribution in [0.5, 0.6) is 5.75 Å². The van der Waals surface area contributed by atoms with Gasteiger partial charge in [0.2, 0.25) is 10.0 Å². The maximum atomic E-state index is 13.0. The Kier molecular flexibility index (Phi) is 8.16. The highest BCUT2D eigenvalue weighted by Crippen LogP contribution is 2.24. The van der Waals surface area contributed by atoms with E-state index in [0.717, 1.165) is 18.4 Å². The van der Waals surface area contributed by atoms with Gasteiger partial charge in [0.25, 0.3) is 0 Å². The minimum Gasteiger partial charge on any atom is -0.494 e. The van der Waals surface area contributed by atoms with Gasteiger partial charge in [0.1, 0.15) is 5.75 Å². The Labute approximate surface area is 191 Å². The van der Waals surface area contributed by atoms with Crippen molar-refractivity contribution in [1.82, 2.24) is 9.03 Å². The number of hydrogen-bond acceptors (Lipinski definition) is 5. The van der Waals surface area contributed by atoms with Gasteiger partial charge in [-0.15, -0.1) is 0 Å². The molecule has 10 heteroatoms. The number of nitrogens with one attached hydrogen (secondary N) is 2. The molecule has 2 aromatic rings. The molecule has 2 N–H and O–H groups in total. The first-order valence-corrected chi connectivity index (χ1v) is 13.7. The number of aryl methyl sites for hydroxylation is 1. The summed E-state index contributed by atoms with van der Waals surface area (Å²) in [4.78, 5) is 0.148. The summed E-state index contributed by atoms with van der Waals surface area (Å²) in [5.74, 6) is 0.607. The fourth-order valence-corrected chi connectivity index (χ4v) is 6.30. The van der Waals surface area contributed by atoms with E-state index in [0.29, 0.717) is 37.4 Å². The topological polar surface area (TPSA) is 105 Å². The second-order valence-corrected chi connectivity index (χ2v) is 11.2. The largest absolute Gasteiger partial charge is 0.494 e. The predicted octanol–water partition coefficient (Wildman–Crippen LogP) is 3.27. The van der Waals surface area contributed by atoms with Crippen molar-refractivity contribution in [3.63, 3.8) is 0 Å². The van der Waals surface area contributed by atoms with Crippen molar-refractivity contribution in [3.8, 4) is 5.75 Å². The zero-order chi connectivity index (χ0) is 23.2. The molecule has 1 saturated heterocycles. The van der Waals surface area contributed by atoms with E-state index in [1.165, 1.54) is 16.4 Å². The molecule has 1 heterocycles. The van der Waals surface area contributed by atoms with Crippen molar-refractivity contribution >= 4 is 25.9 Å². The summed E-state index contributed by atoms with van der Waals surface area (Å²) in [5.41, 5.74) is 1.56. The van der Waals surface area contributed by atoms with Crippen LogP contribution in [-0.2, 0) is 20.2 Å². The van der Waals surface area contributed by atoms with Gasteiger partial charge in [-0.25, -0.2) is 13.1 Å². The molecule has 2 aromatic carbocycles. The number of ether oxygens (including phenoxy) is 1. The summed E-state index contributed by atoms with van der Waals surface area (Å²) < 4.78 is 63.2. The SMILES string of the molecule is CCOc1ccc(S(=O)(=O)NCC[C@@H]2CCCCN2S(=O)(=O)Nc2ccc(C)cc2)cc1. The highest BCUT2D eigenvalue weighted by molar-refractivity contribution is 7.90. The number of piperidine rings is 1. The lowest BCUT2D eigenvalue weighted by molar-refractivity contribution is 0.243. The molecule has 176 valence electrons. The maximum absolute atomic E-state index is 13.0. The molecule has 3 rings (SSSR count). The van der Waals surface area contributed by atoms with Gasteiger partial charge in [-0.3, -0.25) is 4.72 Å². The van der Waals surface area contributed by atoms with Crippen LogP contribution in [0.1, 0.15) is 38.2 Å². The van der Waals surface area contributed by atoms with Gasteiger partial charge in [0.05, 0.1) is 11.5 Å². The van der Waals surface area contributed by atoms with Crippen LogP contribution in [0.3, 0.4) is 0 Å². The molecular weight excluding hydrogens is 450 g/mol. The summed E-state index contributed by atoms with van der Waals surface area (Å²) in [7, 11) is -7.42. The van der Waals surface area contributed by atoms with Gasteiger partial charge in [-0.05, 0) is 69.5 Å². The average Bonchev–Trinajstić information content (AvgIpc) is 2.76. The third kappa shape index (κ3) is 6.44. The summed E-state index contributed by atoms with van der Waals surface area (Å²) in [6, 6.07) is 13.1. The van der Waals surface area contributed by atoms with Crippen molar-refractivity contribution in [2.75, 3.05) is 24.4 Å². The molecule has 1 atom stereocenters. The van der Waals surface area contributed by atoms with E-state index in [1.807, 2.05) is 26.0 Å². The van der Waals surface area contributed by atoms with Gasteiger partial charge in [0, 0.05) is 24.8 Å². The molecule has 1 aliphatic rings. The lowest BCUT2D eigenvalue weighted by Gasteiger charge is -2.34. The first-order valence-electron chi connectivity index (χ1n) is 10.8. The van der Waals surface area contributed by atoms with Crippen LogP contribution in [0.15, 0.2) is 53.4 Å². The monoisotopic (exact) mass is 481 g/mol. The molecule has 0 unspecified atom stereocenters. The summed E-state index contributed by atoms with van der Waals surface area (Å²) in [5, 5.41) is 0. The molecule has 0 spiro atoms. The molecule has 0 aliphatic carbocycles. The molecule has 1 aliphatic heterocycles. The minimum absolute atomic E-state index is 0.148. The van der Waals surface area contributed by atoms with Crippen molar-refractivity contribution < 1.29 is 21.6 Å². The number of nitrogens with zero attached hydrogens (tertiary/aromatic N) is 1. The highest BCUT2D eigenvalue weighted by atomic mass is 32.2. The maximum Gasteiger partial charge on any atom is 0.301 e. The molecule has 0 radical (unpaired) electrons. The zero-order valence-electron chi connectivity index (χ0n) is 18.5. The lowest BCUT2D eigenvalue weighted by Crippen LogP contribution is -2.47. The fourth-order valence-electron chi connectivity index (χ4n) is 3.73. The Morgan fingerprint density at radius 3 is 2.34 bits per heavy atom. The number of hydrogen-bond donors (Lipinski definition) is 2. The lowest BCUT2D eigenvalue weighted by atomic mass is 10.0. The molecular formula is C22H31N3O5S2. The third-order valence-corrected chi connectivity index (χ3v) is 8.46. The summed E-state index contributed by atoms with van der Waals surface area (Å²) in [6.45, 7) is 4.86. The van der Waals surface area contributed by atoms with Crippen molar-refractivity contribution in [2.24, 2.45) is 0 Å². The van der Waals surface area contributed by atoms with Gasteiger partial charge < -0.3 is 4.74 Å². The molecule has 1 fully saturated rings. The van der Waals surface area contributed by atoms with E-state index >= 15 is 0 Å². The molecule has 0 bridgehead atoms. The Balaban J connectivity index is 1.61. The van der Waals surface area contributed by atoms with Crippen molar-refractivity contribution in [2.45, 2.75) is 50.5 Å². The highest BCUT2D eigenvalue weighted by Gasteiger charge is 2.32. The van der Waals surface area contributed by atoms with Crippen LogP contribution in [0.2, 0.25) is 0 Å². The fraction of sp³-hybridized carbons (Fsp3) is 0.455. The van der Waals surface area contributed by atoms with Crippen LogP contribution in [0.25, 0.3) is 0 Å². The third-order valence-electron chi connectivity index (χ3n) is 5.39. The molecule has 0 amide bonds. The Hall–Kier alpha value is -2.14.